The summed E-state index contributed by atoms with van der Waals surface area (Å²) in [7, 11) is 1.58. The summed E-state index contributed by atoms with van der Waals surface area (Å²) >= 11 is 9.61. The number of carbonyl (C=O) groups is 1. The van der Waals surface area contributed by atoms with Gasteiger partial charge in [0.1, 0.15) is 10.7 Å². The molecule has 3 aromatic rings. The van der Waals surface area contributed by atoms with E-state index < -0.39 is 6.10 Å². The monoisotopic (exact) mass is 480 g/mol. The Labute approximate surface area is 179 Å². The number of nitrogens with zero attached hydrogens (tertiary/aromatic N) is 4. The van der Waals surface area contributed by atoms with Gasteiger partial charge in [-0.15, -0.1) is 0 Å². The Bertz CT molecular complexity index is 1080. The van der Waals surface area contributed by atoms with Crippen LogP contribution in [0.1, 0.15) is 12.0 Å². The number of halogens is 2. The van der Waals surface area contributed by atoms with Gasteiger partial charge in [0, 0.05) is 24.7 Å². The van der Waals surface area contributed by atoms with Crippen LogP contribution in [-0.2, 0) is 16.1 Å². The molecule has 3 heterocycles. The van der Waals surface area contributed by atoms with E-state index in [9.17, 15) is 9.90 Å². The van der Waals surface area contributed by atoms with Gasteiger partial charge >= 0.3 is 0 Å². The van der Waals surface area contributed by atoms with Crippen molar-refractivity contribution in [1.82, 2.24) is 25.1 Å². The predicted molar refractivity (Wildman–Crippen MR) is 111 cm³/mol. The predicted octanol–water partition coefficient (Wildman–Crippen LogP) is 2.04. The summed E-state index contributed by atoms with van der Waals surface area (Å²) in [5.74, 6) is 0.259. The third kappa shape index (κ3) is 4.06. The number of aliphatic hydroxyl groups excluding tert-OH is 1. The Hall–Kier alpha value is -2.27. The third-order valence-corrected chi connectivity index (χ3v) is 5.42. The van der Waals surface area contributed by atoms with Gasteiger partial charge in [0.25, 0.3) is 0 Å². The first-order valence-corrected chi connectivity index (χ1v) is 10.1. The summed E-state index contributed by atoms with van der Waals surface area (Å²) in [5, 5.41) is 21.0. The number of rotatable bonds is 5. The van der Waals surface area contributed by atoms with Gasteiger partial charge in [-0.1, -0.05) is 11.6 Å². The summed E-state index contributed by atoms with van der Waals surface area (Å²) in [6.07, 6.45) is 1.71. The molecule has 3 N–H and O–H groups in total. The number of aromatic nitrogens is 4. The normalized spacial score (nSPS) is 18.9. The maximum absolute atomic E-state index is 11.7. The van der Waals surface area contributed by atoms with Crippen molar-refractivity contribution >= 4 is 50.4 Å². The van der Waals surface area contributed by atoms with Crippen LogP contribution in [-0.4, -0.2) is 56.6 Å². The molecule has 0 saturated carbocycles. The maximum Gasteiger partial charge on any atom is 0.248 e. The fourth-order valence-corrected chi connectivity index (χ4v) is 3.91. The molecule has 9 nitrogen and oxygen atoms in total. The van der Waals surface area contributed by atoms with Gasteiger partial charge in [0.2, 0.25) is 11.9 Å². The van der Waals surface area contributed by atoms with Gasteiger partial charge in [0.15, 0.2) is 5.65 Å². The number of anilines is 1. The lowest BCUT2D eigenvalue weighted by Gasteiger charge is -2.11. The molecule has 1 amide bonds. The van der Waals surface area contributed by atoms with Crippen molar-refractivity contribution in [3.63, 3.8) is 0 Å². The highest BCUT2D eigenvalue weighted by Crippen LogP contribution is 2.27. The van der Waals surface area contributed by atoms with Crippen LogP contribution in [0.4, 0.5) is 5.95 Å². The summed E-state index contributed by atoms with van der Waals surface area (Å²) < 4.78 is 7.75. The molecule has 4 rings (SSSR count). The molecule has 0 spiro atoms. The molecule has 0 bridgehead atoms. The highest BCUT2D eigenvalue weighted by atomic mass is 79.9. The van der Waals surface area contributed by atoms with E-state index in [0.29, 0.717) is 45.5 Å². The van der Waals surface area contributed by atoms with Gasteiger partial charge in [-0.25, -0.2) is 9.67 Å². The number of amides is 1. The van der Waals surface area contributed by atoms with Gasteiger partial charge in [-0.2, -0.15) is 10.1 Å². The zero-order valence-corrected chi connectivity index (χ0v) is 17.7. The molecule has 1 aliphatic heterocycles. The molecule has 29 heavy (non-hydrogen) atoms. The van der Waals surface area contributed by atoms with E-state index >= 15 is 0 Å². The molecule has 152 valence electrons. The number of nitrogens with one attached hydrogen (secondary N) is 2. The number of hydrogen-bond acceptors (Lipinski definition) is 7. The lowest BCUT2D eigenvalue weighted by atomic mass is 10.2. The average Bonchev–Trinajstić information content (AvgIpc) is 3.31. The number of benzene rings is 1. The van der Waals surface area contributed by atoms with Crippen LogP contribution >= 0.6 is 27.5 Å². The fourth-order valence-electron chi connectivity index (χ4n) is 3.22. The minimum Gasteiger partial charge on any atom is -0.392 e. The molecule has 2 aromatic heterocycles. The van der Waals surface area contributed by atoms with Crippen molar-refractivity contribution in [2.45, 2.75) is 25.2 Å². The Morgan fingerprint density at radius 3 is 3.03 bits per heavy atom. The van der Waals surface area contributed by atoms with Gasteiger partial charge in [-0.3, -0.25) is 4.79 Å². The van der Waals surface area contributed by atoms with Crippen molar-refractivity contribution < 1.29 is 14.6 Å². The van der Waals surface area contributed by atoms with Crippen LogP contribution in [0.25, 0.3) is 16.7 Å². The molecule has 0 aliphatic carbocycles. The zero-order chi connectivity index (χ0) is 20.5. The van der Waals surface area contributed by atoms with Crippen LogP contribution in [0, 0.1) is 0 Å². The van der Waals surface area contributed by atoms with E-state index in [2.05, 4.69) is 41.6 Å². The molecule has 0 radical (unpaired) electrons. The second kappa shape index (κ2) is 8.23. The highest BCUT2D eigenvalue weighted by Gasteiger charge is 2.30. The molecule has 11 heteroatoms. The number of likely N-dealkylation sites (N-methyl/N-ethyl adjacent to an activating group) is 1. The zero-order valence-electron chi connectivity index (χ0n) is 15.4. The maximum atomic E-state index is 11.7. The van der Waals surface area contributed by atoms with E-state index in [-0.39, 0.29) is 18.6 Å². The lowest BCUT2D eigenvalue weighted by molar-refractivity contribution is -0.129. The van der Waals surface area contributed by atoms with Gasteiger partial charge in [-0.05, 0) is 39.7 Å². The van der Waals surface area contributed by atoms with E-state index in [1.54, 1.807) is 36.1 Å². The van der Waals surface area contributed by atoms with Crippen LogP contribution < -0.4 is 10.6 Å². The van der Waals surface area contributed by atoms with Crippen molar-refractivity contribution in [3.05, 3.63) is 39.6 Å². The second-order valence-electron chi connectivity index (χ2n) is 6.62. The molecular weight excluding hydrogens is 464 g/mol. The molecular formula is C18H18BrClN6O3. The molecule has 1 aliphatic rings. The highest BCUT2D eigenvalue weighted by molar-refractivity contribution is 9.10. The molecule has 1 aromatic carbocycles. The smallest absolute Gasteiger partial charge is 0.248 e. The van der Waals surface area contributed by atoms with Crippen molar-refractivity contribution in [2.24, 2.45) is 0 Å². The minimum absolute atomic E-state index is 0.0817. The summed E-state index contributed by atoms with van der Waals surface area (Å²) in [5.41, 5.74) is 1.91. The quantitative estimate of drug-likeness (QED) is 0.511. The van der Waals surface area contributed by atoms with Crippen molar-refractivity contribution in [2.75, 3.05) is 19.0 Å². The fraction of sp³-hybridized carbons (Fsp3) is 0.333. The third-order valence-electron chi connectivity index (χ3n) is 4.62. The lowest BCUT2D eigenvalue weighted by Crippen LogP contribution is -2.32. The standard InChI is InChI=1S/C18H18BrClN6O3/c1-21-17(28)14-5-11(8-29-14)23-18-22-6-13-15(19)25-26(16(13)24-18)12-3-9(7-27)2-10(20)4-12/h2-4,6,11,14,27H,5,7-8H2,1H3,(H,21,28)(H,22,23,24)/t11-,14+/m0/s1. The topological polar surface area (TPSA) is 114 Å². The van der Waals surface area contributed by atoms with Crippen molar-refractivity contribution in [1.29, 1.82) is 0 Å². The molecule has 0 unspecified atom stereocenters. The van der Waals surface area contributed by atoms with E-state index in [1.807, 2.05) is 0 Å². The summed E-state index contributed by atoms with van der Waals surface area (Å²) in [6, 6.07) is 5.14. The van der Waals surface area contributed by atoms with Gasteiger partial charge in [0.05, 0.1) is 30.3 Å². The number of hydrogen-bond donors (Lipinski definition) is 3. The van der Waals surface area contributed by atoms with E-state index in [1.165, 1.54) is 0 Å². The summed E-state index contributed by atoms with van der Waals surface area (Å²) in [4.78, 5) is 20.7. The van der Waals surface area contributed by atoms with E-state index in [0.717, 1.165) is 5.39 Å². The minimum atomic E-state index is -0.482. The molecule has 1 fully saturated rings. The first kappa shape index (κ1) is 20.0. The Morgan fingerprint density at radius 2 is 2.28 bits per heavy atom. The van der Waals surface area contributed by atoms with Crippen LogP contribution in [0.15, 0.2) is 29.0 Å². The SMILES string of the molecule is CNC(=O)[C@H]1C[C@H](Nc2ncc3c(Br)nn(-c4cc(Cl)cc(CO)c4)c3n2)CO1. The average molecular weight is 482 g/mol. The van der Waals surface area contributed by atoms with Crippen LogP contribution in [0.5, 0.6) is 0 Å². The number of fused-ring (bicyclic) bond motifs is 1. The Balaban J connectivity index is 1.65. The first-order valence-electron chi connectivity index (χ1n) is 8.90. The Morgan fingerprint density at radius 1 is 1.45 bits per heavy atom. The largest absolute Gasteiger partial charge is 0.392 e. The van der Waals surface area contributed by atoms with Gasteiger partial charge < -0.3 is 20.5 Å². The number of aliphatic hydroxyl groups is 1. The second-order valence-corrected chi connectivity index (χ2v) is 7.81. The van der Waals surface area contributed by atoms with Crippen LogP contribution in [0.3, 0.4) is 0 Å². The van der Waals surface area contributed by atoms with Crippen LogP contribution in [0.2, 0.25) is 5.02 Å². The molecule has 1 saturated heterocycles. The summed E-state index contributed by atoms with van der Waals surface area (Å²) in [6.45, 7) is 0.250. The first-order chi connectivity index (χ1) is 14.0. The number of ether oxygens (including phenoxy) is 1. The number of carbonyl (C=O) groups excluding carboxylic acids is 1. The van der Waals surface area contributed by atoms with E-state index in [4.69, 9.17) is 16.3 Å². The van der Waals surface area contributed by atoms with Crippen molar-refractivity contribution in [3.8, 4) is 5.69 Å². The Kier molecular flexibility index (Phi) is 5.68. The molecule has 2 atom stereocenters.